The van der Waals surface area contributed by atoms with Gasteiger partial charge in [0.15, 0.2) is 6.23 Å². The molecule has 17 heavy (non-hydrogen) atoms. The molecule has 0 spiro atoms. The summed E-state index contributed by atoms with van der Waals surface area (Å²) >= 11 is 0. The number of hydrogen-bond acceptors (Lipinski definition) is 7. The summed E-state index contributed by atoms with van der Waals surface area (Å²) in [5.41, 5.74) is 10.6. The highest BCUT2D eigenvalue weighted by atomic mass is 16.5. The Bertz CT molecular complexity index is 422. The molecule has 0 bridgehead atoms. The number of hydrogen-bond donors (Lipinski definition) is 4. The van der Waals surface area contributed by atoms with Gasteiger partial charge in [-0.25, -0.2) is 9.67 Å². The van der Waals surface area contributed by atoms with Gasteiger partial charge in [-0.05, 0) is 0 Å². The molecule has 1 aliphatic rings. The van der Waals surface area contributed by atoms with Crippen LogP contribution in [0.2, 0.25) is 0 Å². The highest BCUT2D eigenvalue weighted by molar-refractivity contribution is 5.88. The van der Waals surface area contributed by atoms with Crippen LogP contribution in [0.15, 0.2) is 6.33 Å². The summed E-state index contributed by atoms with van der Waals surface area (Å²) < 4.78 is 6.45. The Morgan fingerprint density at radius 2 is 2.35 bits per heavy atom. The molecular weight excluding hydrogens is 230 g/mol. The van der Waals surface area contributed by atoms with Gasteiger partial charge >= 0.3 is 0 Å². The minimum atomic E-state index is -1.05. The van der Waals surface area contributed by atoms with Crippen molar-refractivity contribution in [2.45, 2.75) is 24.5 Å². The van der Waals surface area contributed by atoms with Crippen molar-refractivity contribution >= 4 is 5.91 Å². The number of nitrogens with zero attached hydrogens (tertiary/aromatic N) is 3. The van der Waals surface area contributed by atoms with E-state index in [1.807, 2.05) is 0 Å². The SMILES string of the molecule is NC(=O)c1ncn([C@@H]2O[C@H](CO)[C@@H](N)[C@H]2O)n1. The molecule has 9 nitrogen and oxygen atoms in total. The van der Waals surface area contributed by atoms with Crippen LogP contribution in [0.4, 0.5) is 0 Å². The van der Waals surface area contributed by atoms with Crippen LogP contribution in [0.3, 0.4) is 0 Å². The van der Waals surface area contributed by atoms with Crippen LogP contribution in [-0.2, 0) is 4.74 Å². The van der Waals surface area contributed by atoms with E-state index in [-0.39, 0.29) is 12.4 Å². The Balaban J connectivity index is 2.19. The van der Waals surface area contributed by atoms with Crippen molar-refractivity contribution in [3.8, 4) is 0 Å². The normalized spacial score (nSPS) is 32.9. The average molecular weight is 243 g/mol. The minimum absolute atomic E-state index is 0.179. The van der Waals surface area contributed by atoms with E-state index in [1.165, 1.54) is 6.33 Å². The van der Waals surface area contributed by atoms with Crippen LogP contribution in [-0.4, -0.2) is 55.7 Å². The van der Waals surface area contributed by atoms with Crippen LogP contribution < -0.4 is 11.5 Å². The van der Waals surface area contributed by atoms with Crippen molar-refractivity contribution < 1.29 is 19.7 Å². The van der Waals surface area contributed by atoms with Crippen molar-refractivity contribution in [2.75, 3.05) is 6.61 Å². The lowest BCUT2D eigenvalue weighted by Crippen LogP contribution is -2.41. The van der Waals surface area contributed by atoms with E-state index in [1.54, 1.807) is 0 Å². The number of rotatable bonds is 3. The summed E-state index contributed by atoms with van der Waals surface area (Å²) in [7, 11) is 0. The van der Waals surface area contributed by atoms with Gasteiger partial charge < -0.3 is 26.4 Å². The van der Waals surface area contributed by atoms with Crippen LogP contribution >= 0.6 is 0 Å². The number of carbonyl (C=O) groups is 1. The molecule has 1 saturated heterocycles. The summed E-state index contributed by atoms with van der Waals surface area (Å²) in [5.74, 6) is -0.957. The highest BCUT2D eigenvalue weighted by Crippen LogP contribution is 2.27. The zero-order valence-corrected chi connectivity index (χ0v) is 8.80. The van der Waals surface area contributed by atoms with Gasteiger partial charge in [0.25, 0.3) is 5.91 Å². The molecule has 2 heterocycles. The molecule has 2 rings (SSSR count). The maximum Gasteiger partial charge on any atom is 0.288 e. The van der Waals surface area contributed by atoms with Crippen LogP contribution in [0.1, 0.15) is 16.8 Å². The number of carbonyl (C=O) groups excluding carboxylic acids is 1. The molecule has 1 aliphatic heterocycles. The van der Waals surface area contributed by atoms with E-state index in [2.05, 4.69) is 10.1 Å². The quantitative estimate of drug-likeness (QED) is 0.440. The van der Waals surface area contributed by atoms with Crippen molar-refractivity contribution in [3.63, 3.8) is 0 Å². The number of amides is 1. The summed E-state index contributed by atoms with van der Waals surface area (Å²) in [6.07, 6.45) is -1.41. The first-order chi connectivity index (χ1) is 8.04. The van der Waals surface area contributed by atoms with Gasteiger partial charge in [0, 0.05) is 0 Å². The molecule has 1 amide bonds. The van der Waals surface area contributed by atoms with Gasteiger partial charge in [0.2, 0.25) is 5.82 Å². The van der Waals surface area contributed by atoms with E-state index in [4.69, 9.17) is 21.3 Å². The molecule has 94 valence electrons. The predicted octanol–water partition coefficient (Wildman–Crippen LogP) is -3.05. The molecule has 1 fully saturated rings. The summed E-state index contributed by atoms with van der Waals surface area (Å²) in [4.78, 5) is 14.5. The Morgan fingerprint density at radius 3 is 2.82 bits per heavy atom. The second-order valence-electron chi connectivity index (χ2n) is 3.73. The number of aromatic nitrogens is 3. The smallest absolute Gasteiger partial charge is 0.288 e. The Morgan fingerprint density at radius 1 is 1.65 bits per heavy atom. The summed E-state index contributed by atoms with van der Waals surface area (Å²) in [6, 6.07) is -0.730. The van der Waals surface area contributed by atoms with Gasteiger partial charge in [-0.1, -0.05) is 0 Å². The van der Waals surface area contributed by atoms with Crippen molar-refractivity contribution in [2.24, 2.45) is 11.5 Å². The molecule has 0 aromatic carbocycles. The molecule has 0 aliphatic carbocycles. The molecule has 0 unspecified atom stereocenters. The zero-order chi connectivity index (χ0) is 12.6. The summed E-state index contributed by atoms with van der Waals surface area (Å²) in [5, 5.41) is 22.5. The number of nitrogens with two attached hydrogens (primary N) is 2. The lowest BCUT2D eigenvalue weighted by molar-refractivity contribution is -0.0573. The predicted molar refractivity (Wildman–Crippen MR) is 53.5 cm³/mol. The van der Waals surface area contributed by atoms with E-state index >= 15 is 0 Å². The molecule has 6 N–H and O–H groups in total. The first kappa shape index (κ1) is 11.9. The highest BCUT2D eigenvalue weighted by Gasteiger charge is 2.42. The minimum Gasteiger partial charge on any atom is -0.394 e. The number of aliphatic hydroxyl groups is 2. The maximum atomic E-state index is 10.8. The molecule has 1 aromatic rings. The van der Waals surface area contributed by atoms with Gasteiger partial charge in [0.1, 0.15) is 18.5 Å². The summed E-state index contributed by atoms with van der Waals surface area (Å²) in [6.45, 7) is -0.313. The monoisotopic (exact) mass is 243 g/mol. The lowest BCUT2D eigenvalue weighted by Gasteiger charge is -2.14. The molecule has 9 heteroatoms. The Labute approximate surface area is 96.0 Å². The van der Waals surface area contributed by atoms with Gasteiger partial charge in [-0.15, -0.1) is 5.10 Å². The van der Waals surface area contributed by atoms with Crippen LogP contribution in [0, 0.1) is 0 Å². The van der Waals surface area contributed by atoms with E-state index in [0.717, 1.165) is 4.68 Å². The fourth-order valence-corrected chi connectivity index (χ4v) is 1.65. The topological polar surface area (TPSA) is 150 Å². The number of ether oxygens (including phenoxy) is 1. The largest absolute Gasteiger partial charge is 0.394 e. The molecule has 4 atom stereocenters. The molecule has 0 radical (unpaired) electrons. The van der Waals surface area contributed by atoms with Gasteiger partial charge in [-0.3, -0.25) is 4.79 Å². The lowest BCUT2D eigenvalue weighted by atomic mass is 10.1. The first-order valence-corrected chi connectivity index (χ1v) is 4.95. The van der Waals surface area contributed by atoms with Crippen molar-refractivity contribution in [3.05, 3.63) is 12.2 Å². The average Bonchev–Trinajstić information content (AvgIpc) is 2.87. The fourth-order valence-electron chi connectivity index (χ4n) is 1.65. The van der Waals surface area contributed by atoms with Crippen molar-refractivity contribution in [1.82, 2.24) is 14.8 Å². The van der Waals surface area contributed by atoms with Gasteiger partial charge in [0.05, 0.1) is 12.6 Å². The Kier molecular flexibility index (Phi) is 3.07. The van der Waals surface area contributed by atoms with E-state index in [9.17, 15) is 9.90 Å². The second-order valence-corrected chi connectivity index (χ2v) is 3.73. The van der Waals surface area contributed by atoms with E-state index in [0.29, 0.717) is 0 Å². The third kappa shape index (κ3) is 2.00. The third-order valence-electron chi connectivity index (χ3n) is 2.60. The van der Waals surface area contributed by atoms with E-state index < -0.39 is 30.4 Å². The van der Waals surface area contributed by atoms with Crippen molar-refractivity contribution in [1.29, 1.82) is 0 Å². The fraction of sp³-hybridized carbons (Fsp3) is 0.625. The van der Waals surface area contributed by atoms with Gasteiger partial charge in [-0.2, -0.15) is 0 Å². The molecular formula is C8H13N5O4. The Hall–Kier alpha value is -1.55. The third-order valence-corrected chi connectivity index (χ3v) is 2.60. The zero-order valence-electron chi connectivity index (χ0n) is 8.80. The first-order valence-electron chi connectivity index (χ1n) is 4.95. The number of aliphatic hydroxyl groups excluding tert-OH is 2. The van der Waals surface area contributed by atoms with Crippen LogP contribution in [0.5, 0.6) is 0 Å². The molecule has 0 saturated carbocycles. The maximum absolute atomic E-state index is 10.8. The standard InChI is InChI=1S/C8H13N5O4/c9-4-3(1-14)17-8(5(4)15)13-2-11-7(12-13)6(10)16/h2-5,8,14-15H,1,9H2,(H2,10,16)/t3-,4-,5-,8-/m1/s1. The second kappa shape index (κ2) is 4.37. The van der Waals surface area contributed by atoms with Crippen LogP contribution in [0.25, 0.3) is 0 Å². The molecule has 1 aromatic heterocycles. The number of primary amides is 1.